The summed E-state index contributed by atoms with van der Waals surface area (Å²) in [5.74, 6) is -1.19. The number of para-hydroxylation sites is 1. The average molecular weight is 381 g/mol. The maximum absolute atomic E-state index is 12.2. The topological polar surface area (TPSA) is 92.6 Å². The van der Waals surface area contributed by atoms with Gasteiger partial charge in [0.05, 0.1) is 18.9 Å². The van der Waals surface area contributed by atoms with Crippen LogP contribution < -0.4 is 15.4 Å². The number of aromatic nitrogens is 1. The minimum Gasteiger partial charge on any atom is -0.495 e. The van der Waals surface area contributed by atoms with E-state index >= 15 is 0 Å². The zero-order chi connectivity index (χ0) is 20.3. The smallest absolute Gasteiger partial charge is 0.313 e. The molecule has 0 saturated carbocycles. The Morgan fingerprint density at radius 2 is 1.93 bits per heavy atom. The Hall–Kier alpha value is -3.32. The highest BCUT2D eigenvalue weighted by Crippen LogP contribution is 2.26. The highest BCUT2D eigenvalue weighted by Gasteiger charge is 2.19. The van der Waals surface area contributed by atoms with E-state index in [1.165, 1.54) is 7.11 Å². The van der Waals surface area contributed by atoms with Gasteiger partial charge in [-0.25, -0.2) is 0 Å². The summed E-state index contributed by atoms with van der Waals surface area (Å²) in [6.45, 7) is 1.79. The van der Waals surface area contributed by atoms with Gasteiger partial charge in [0.2, 0.25) is 0 Å². The van der Waals surface area contributed by atoms with Crippen LogP contribution in [0.1, 0.15) is 17.2 Å². The van der Waals surface area contributed by atoms with Crippen LogP contribution in [0.3, 0.4) is 0 Å². The number of rotatable bonds is 5. The van der Waals surface area contributed by atoms with Crippen molar-refractivity contribution in [3.05, 3.63) is 59.8 Å². The normalized spacial score (nSPS) is 11.9. The van der Waals surface area contributed by atoms with Crippen molar-refractivity contribution < 1.29 is 19.4 Å². The third-order valence-corrected chi connectivity index (χ3v) is 4.55. The first kappa shape index (κ1) is 19.4. The predicted octanol–water partition coefficient (Wildman–Crippen LogP) is 2.28. The number of carbonyl (C=O) groups excluding carboxylic acids is 2. The molecule has 3 N–H and O–H groups in total. The molecule has 0 aliphatic heterocycles. The molecule has 1 unspecified atom stereocenters. The Kier molecular flexibility index (Phi) is 5.65. The van der Waals surface area contributed by atoms with Gasteiger partial charge < -0.3 is 25.0 Å². The van der Waals surface area contributed by atoms with E-state index in [1.807, 2.05) is 55.1 Å². The van der Waals surface area contributed by atoms with Crippen LogP contribution >= 0.6 is 0 Å². The van der Waals surface area contributed by atoms with E-state index in [9.17, 15) is 14.7 Å². The largest absolute Gasteiger partial charge is 0.495 e. The minimum atomic E-state index is -0.934. The first-order valence-electron chi connectivity index (χ1n) is 8.86. The molecule has 2 amide bonds. The van der Waals surface area contributed by atoms with Gasteiger partial charge in [-0.05, 0) is 30.7 Å². The molecule has 0 fully saturated rings. The van der Waals surface area contributed by atoms with Gasteiger partial charge in [-0.1, -0.05) is 24.3 Å². The van der Waals surface area contributed by atoms with Crippen LogP contribution in [0.25, 0.3) is 10.9 Å². The number of benzene rings is 2. The van der Waals surface area contributed by atoms with E-state index in [1.54, 1.807) is 12.1 Å². The minimum absolute atomic E-state index is 0.0782. The van der Waals surface area contributed by atoms with Crippen LogP contribution in [0, 0.1) is 6.92 Å². The summed E-state index contributed by atoms with van der Waals surface area (Å²) in [4.78, 5) is 24.3. The second-order valence-electron chi connectivity index (χ2n) is 6.60. The van der Waals surface area contributed by atoms with Crippen LogP contribution in [0.5, 0.6) is 5.75 Å². The number of aliphatic hydroxyl groups is 1. The number of nitrogens with zero attached hydrogens (tertiary/aromatic N) is 1. The summed E-state index contributed by atoms with van der Waals surface area (Å²) in [7, 11) is 3.38. The summed E-state index contributed by atoms with van der Waals surface area (Å²) < 4.78 is 7.10. The molecule has 0 saturated heterocycles. The van der Waals surface area contributed by atoms with Crippen LogP contribution in [0.15, 0.2) is 48.7 Å². The molecule has 28 heavy (non-hydrogen) atoms. The summed E-state index contributed by atoms with van der Waals surface area (Å²) in [6.07, 6.45) is 0.885. The second kappa shape index (κ2) is 8.14. The van der Waals surface area contributed by atoms with E-state index in [2.05, 4.69) is 10.6 Å². The summed E-state index contributed by atoms with van der Waals surface area (Å²) in [5, 5.41) is 16.4. The summed E-state index contributed by atoms with van der Waals surface area (Å²) in [5.41, 5.74) is 3.01. The number of carbonyl (C=O) groups is 2. The maximum atomic E-state index is 12.2. The van der Waals surface area contributed by atoms with Crippen molar-refractivity contribution in [2.24, 2.45) is 7.05 Å². The van der Waals surface area contributed by atoms with Crippen molar-refractivity contribution in [1.29, 1.82) is 0 Å². The van der Waals surface area contributed by atoms with Gasteiger partial charge in [-0.2, -0.15) is 0 Å². The number of anilines is 1. The molecule has 1 aromatic heterocycles. The van der Waals surface area contributed by atoms with Gasteiger partial charge in [0.15, 0.2) is 0 Å². The molecular weight excluding hydrogens is 358 g/mol. The third kappa shape index (κ3) is 3.99. The summed E-state index contributed by atoms with van der Waals surface area (Å²) in [6, 6.07) is 12.9. The zero-order valence-electron chi connectivity index (χ0n) is 16.0. The van der Waals surface area contributed by atoms with Crippen molar-refractivity contribution in [1.82, 2.24) is 9.88 Å². The number of nitrogens with one attached hydrogen (secondary N) is 2. The fourth-order valence-corrected chi connectivity index (χ4v) is 3.12. The van der Waals surface area contributed by atoms with Crippen LogP contribution in [0.4, 0.5) is 5.69 Å². The van der Waals surface area contributed by atoms with Gasteiger partial charge >= 0.3 is 11.8 Å². The Bertz CT molecular complexity index is 1030. The lowest BCUT2D eigenvalue weighted by Crippen LogP contribution is -2.37. The van der Waals surface area contributed by atoms with Crippen molar-refractivity contribution >= 4 is 28.4 Å². The quantitative estimate of drug-likeness (QED) is 0.591. The molecule has 7 nitrogen and oxygen atoms in total. The van der Waals surface area contributed by atoms with Crippen molar-refractivity contribution in [2.45, 2.75) is 13.0 Å². The maximum Gasteiger partial charge on any atom is 0.313 e. The highest BCUT2D eigenvalue weighted by atomic mass is 16.5. The Morgan fingerprint density at radius 1 is 1.18 bits per heavy atom. The molecule has 3 rings (SSSR count). The van der Waals surface area contributed by atoms with Gasteiger partial charge in [0.1, 0.15) is 5.75 Å². The van der Waals surface area contributed by atoms with Crippen LogP contribution in [0.2, 0.25) is 0 Å². The monoisotopic (exact) mass is 381 g/mol. The molecule has 0 aliphatic carbocycles. The number of aryl methyl sites for hydroxylation is 2. The van der Waals surface area contributed by atoms with E-state index in [0.29, 0.717) is 17.0 Å². The van der Waals surface area contributed by atoms with E-state index in [-0.39, 0.29) is 6.54 Å². The van der Waals surface area contributed by atoms with E-state index in [4.69, 9.17) is 4.74 Å². The number of aliphatic hydroxyl groups excluding tert-OH is 1. The predicted molar refractivity (Wildman–Crippen MR) is 107 cm³/mol. The fraction of sp³-hybridized carbons (Fsp3) is 0.238. The van der Waals surface area contributed by atoms with E-state index < -0.39 is 17.9 Å². The molecule has 146 valence electrons. The Balaban J connectivity index is 1.65. The molecular formula is C21H23N3O4. The fourth-order valence-electron chi connectivity index (χ4n) is 3.12. The van der Waals surface area contributed by atoms with Crippen molar-refractivity contribution in [2.75, 3.05) is 19.0 Å². The second-order valence-corrected chi connectivity index (χ2v) is 6.60. The molecule has 0 radical (unpaired) electrons. The van der Waals surface area contributed by atoms with Gasteiger partial charge in [0.25, 0.3) is 0 Å². The standard InChI is InChI=1S/C21H23N3O4/c1-13-8-9-19(28-3)16(10-13)23-21(27)20(26)22-11-18(25)15-12-24(2)17-7-5-4-6-14(15)17/h4-10,12,18,25H,11H2,1-3H3,(H,22,26)(H,23,27). The number of ether oxygens (including phenoxy) is 1. The van der Waals surface area contributed by atoms with E-state index in [0.717, 1.165) is 16.5 Å². The number of fused-ring (bicyclic) bond motifs is 1. The van der Waals surface area contributed by atoms with Gasteiger partial charge in [0, 0.05) is 36.3 Å². The van der Waals surface area contributed by atoms with Crippen LogP contribution in [-0.4, -0.2) is 35.1 Å². The number of hydrogen-bond acceptors (Lipinski definition) is 4. The molecule has 1 atom stereocenters. The van der Waals surface area contributed by atoms with Crippen molar-refractivity contribution in [3.8, 4) is 5.75 Å². The molecule has 3 aromatic rings. The zero-order valence-corrected chi connectivity index (χ0v) is 16.0. The molecule has 2 aromatic carbocycles. The number of methoxy groups -OCH3 is 1. The average Bonchev–Trinajstić information content (AvgIpc) is 3.03. The molecule has 0 aliphatic rings. The number of hydrogen-bond donors (Lipinski definition) is 3. The molecule has 1 heterocycles. The molecule has 0 bridgehead atoms. The summed E-state index contributed by atoms with van der Waals surface area (Å²) >= 11 is 0. The van der Waals surface area contributed by atoms with Crippen molar-refractivity contribution in [3.63, 3.8) is 0 Å². The molecule has 0 spiro atoms. The number of amides is 2. The lowest BCUT2D eigenvalue weighted by atomic mass is 10.1. The Labute approximate surface area is 162 Å². The Morgan fingerprint density at radius 3 is 2.68 bits per heavy atom. The SMILES string of the molecule is COc1ccc(C)cc1NC(=O)C(=O)NCC(O)c1cn(C)c2ccccc12. The highest BCUT2D eigenvalue weighted by molar-refractivity contribution is 6.39. The lowest BCUT2D eigenvalue weighted by molar-refractivity contribution is -0.136. The van der Waals surface area contributed by atoms with Gasteiger partial charge in [-0.3, -0.25) is 9.59 Å². The first-order valence-corrected chi connectivity index (χ1v) is 8.86. The molecule has 7 heteroatoms. The first-order chi connectivity index (χ1) is 13.4. The third-order valence-electron chi connectivity index (χ3n) is 4.55. The lowest BCUT2D eigenvalue weighted by Gasteiger charge is -2.13. The van der Waals surface area contributed by atoms with Crippen LogP contribution in [-0.2, 0) is 16.6 Å². The van der Waals surface area contributed by atoms with Gasteiger partial charge in [-0.15, -0.1) is 0 Å².